The number of fused-ring (bicyclic) bond motifs is 1. The molecule has 1 amide bonds. The Hall–Kier alpha value is -1.67. The van der Waals surface area contributed by atoms with Gasteiger partial charge in [0.2, 0.25) is 5.91 Å². The minimum Gasteiger partial charge on any atom is -0.467 e. The van der Waals surface area contributed by atoms with E-state index in [4.69, 9.17) is 4.42 Å². The number of carbonyl (C=O) groups excluding carboxylic acids is 1. The van der Waals surface area contributed by atoms with E-state index in [1.54, 1.807) is 37.2 Å². The van der Waals surface area contributed by atoms with Gasteiger partial charge in [0, 0.05) is 18.7 Å². The first-order valence-corrected chi connectivity index (χ1v) is 9.09. The van der Waals surface area contributed by atoms with Crippen molar-refractivity contribution in [3.05, 3.63) is 40.2 Å². The maximum atomic E-state index is 12.3. The van der Waals surface area contributed by atoms with Crippen LogP contribution in [0.25, 0.3) is 0 Å². The van der Waals surface area contributed by atoms with Crippen molar-refractivity contribution in [2.75, 3.05) is 5.75 Å². The second-order valence-corrected chi connectivity index (χ2v) is 7.70. The van der Waals surface area contributed by atoms with Crippen LogP contribution < -0.4 is 10.9 Å². The lowest BCUT2D eigenvalue weighted by Gasteiger charge is -2.09. The quantitative estimate of drug-likeness (QED) is 0.654. The first-order valence-electron chi connectivity index (χ1n) is 7.23. The number of aromatic nitrogens is 2. The Balaban J connectivity index is 1.62. The predicted molar refractivity (Wildman–Crippen MR) is 89.8 cm³/mol. The monoisotopic (exact) mass is 351 g/mol. The average molecular weight is 351 g/mol. The lowest BCUT2D eigenvalue weighted by molar-refractivity contribution is -0.118. The molecule has 8 heteroatoms. The Morgan fingerprint density at radius 2 is 2.43 bits per heavy atom. The third kappa shape index (κ3) is 3.64. The molecule has 0 saturated carbocycles. The highest BCUT2D eigenvalue weighted by Crippen LogP contribution is 2.33. The first kappa shape index (κ1) is 16.2. The summed E-state index contributed by atoms with van der Waals surface area (Å²) in [5, 5.41) is 3.73. The SMILES string of the molecule is CC1Cc2nc(SCC(=O)NCc3ccco3)n(C)c(=O)c2S1. The number of furan rings is 1. The number of hydrogen-bond acceptors (Lipinski definition) is 6. The fourth-order valence-electron chi connectivity index (χ4n) is 2.28. The molecule has 0 spiro atoms. The van der Waals surface area contributed by atoms with Crippen molar-refractivity contribution in [2.24, 2.45) is 7.05 Å². The van der Waals surface area contributed by atoms with E-state index < -0.39 is 0 Å². The van der Waals surface area contributed by atoms with Crippen LogP contribution in [0.5, 0.6) is 0 Å². The summed E-state index contributed by atoms with van der Waals surface area (Å²) in [4.78, 5) is 29.5. The van der Waals surface area contributed by atoms with Gasteiger partial charge in [-0.2, -0.15) is 0 Å². The number of nitrogens with one attached hydrogen (secondary N) is 1. The molecular weight excluding hydrogens is 334 g/mol. The molecule has 3 rings (SSSR count). The molecule has 0 aromatic carbocycles. The molecule has 1 unspecified atom stereocenters. The molecule has 6 nitrogen and oxygen atoms in total. The normalized spacial score (nSPS) is 16.3. The molecule has 23 heavy (non-hydrogen) atoms. The maximum absolute atomic E-state index is 12.3. The minimum absolute atomic E-state index is 0.0251. The van der Waals surface area contributed by atoms with E-state index in [1.807, 2.05) is 0 Å². The molecular formula is C15H17N3O3S2. The summed E-state index contributed by atoms with van der Waals surface area (Å²) in [6, 6.07) is 3.58. The van der Waals surface area contributed by atoms with Gasteiger partial charge < -0.3 is 9.73 Å². The summed E-state index contributed by atoms with van der Waals surface area (Å²) in [6.45, 7) is 2.44. The Kier molecular flexibility index (Phi) is 4.82. The molecule has 1 aliphatic heterocycles. The van der Waals surface area contributed by atoms with Crippen molar-refractivity contribution in [3.8, 4) is 0 Å². The van der Waals surface area contributed by atoms with Crippen molar-refractivity contribution >= 4 is 29.4 Å². The van der Waals surface area contributed by atoms with Gasteiger partial charge in [-0.15, -0.1) is 11.8 Å². The molecule has 0 fully saturated rings. The number of hydrogen-bond donors (Lipinski definition) is 1. The van der Waals surface area contributed by atoms with Crippen LogP contribution in [0.1, 0.15) is 18.4 Å². The standard InChI is InChI=1S/C15H17N3O3S2/c1-9-6-11-13(23-9)14(20)18(2)15(17-11)22-8-12(19)16-7-10-4-3-5-21-10/h3-5,9H,6-8H2,1-2H3,(H,16,19). The molecule has 3 heterocycles. The second kappa shape index (κ2) is 6.84. The highest BCUT2D eigenvalue weighted by molar-refractivity contribution is 8.00. The van der Waals surface area contributed by atoms with Crippen LogP contribution in [0.2, 0.25) is 0 Å². The zero-order valence-electron chi connectivity index (χ0n) is 12.9. The molecule has 1 N–H and O–H groups in total. The number of thioether (sulfide) groups is 2. The van der Waals surface area contributed by atoms with Crippen molar-refractivity contribution in [2.45, 2.75) is 35.2 Å². The number of rotatable bonds is 5. The molecule has 1 atom stereocenters. The lowest BCUT2D eigenvalue weighted by atomic mass is 10.2. The van der Waals surface area contributed by atoms with E-state index >= 15 is 0 Å². The van der Waals surface area contributed by atoms with Crippen LogP contribution in [-0.2, 0) is 24.8 Å². The van der Waals surface area contributed by atoms with Crippen molar-refractivity contribution in [3.63, 3.8) is 0 Å². The Morgan fingerprint density at radius 1 is 1.61 bits per heavy atom. The van der Waals surface area contributed by atoms with E-state index in [0.717, 1.165) is 17.0 Å². The Morgan fingerprint density at radius 3 is 3.17 bits per heavy atom. The van der Waals surface area contributed by atoms with Gasteiger partial charge in [0.25, 0.3) is 5.56 Å². The van der Waals surface area contributed by atoms with E-state index in [-0.39, 0.29) is 17.2 Å². The van der Waals surface area contributed by atoms with Crippen LogP contribution in [-0.4, -0.2) is 26.5 Å². The van der Waals surface area contributed by atoms with Crippen LogP contribution in [0.15, 0.2) is 37.7 Å². The zero-order chi connectivity index (χ0) is 16.4. The largest absolute Gasteiger partial charge is 0.467 e. The van der Waals surface area contributed by atoms with E-state index in [1.165, 1.54) is 16.3 Å². The summed E-state index contributed by atoms with van der Waals surface area (Å²) in [5.74, 6) is 0.795. The summed E-state index contributed by atoms with van der Waals surface area (Å²) < 4.78 is 6.68. The highest BCUT2D eigenvalue weighted by Gasteiger charge is 2.25. The van der Waals surface area contributed by atoms with E-state index in [0.29, 0.717) is 22.7 Å². The first-order chi connectivity index (χ1) is 11.0. The molecule has 0 bridgehead atoms. The van der Waals surface area contributed by atoms with Gasteiger partial charge in [-0.1, -0.05) is 18.7 Å². The molecule has 2 aromatic heterocycles. The maximum Gasteiger partial charge on any atom is 0.267 e. The fraction of sp³-hybridized carbons (Fsp3) is 0.400. The topological polar surface area (TPSA) is 77.1 Å². The van der Waals surface area contributed by atoms with E-state index in [2.05, 4.69) is 17.2 Å². The minimum atomic E-state index is -0.121. The van der Waals surface area contributed by atoms with E-state index in [9.17, 15) is 9.59 Å². The third-order valence-corrected chi connectivity index (χ3v) is 5.70. The third-order valence-electron chi connectivity index (χ3n) is 3.45. The van der Waals surface area contributed by atoms with Gasteiger partial charge in [-0.05, 0) is 12.1 Å². The van der Waals surface area contributed by atoms with Gasteiger partial charge in [0.15, 0.2) is 5.16 Å². The Bertz CT molecular complexity index is 771. The van der Waals surface area contributed by atoms with Gasteiger partial charge >= 0.3 is 0 Å². The lowest BCUT2D eigenvalue weighted by Crippen LogP contribution is -2.26. The van der Waals surface area contributed by atoms with Crippen LogP contribution in [0, 0.1) is 0 Å². The zero-order valence-corrected chi connectivity index (χ0v) is 14.5. The van der Waals surface area contributed by atoms with Crippen LogP contribution in [0.4, 0.5) is 0 Å². The fourth-order valence-corrected chi connectivity index (χ4v) is 4.24. The van der Waals surface area contributed by atoms with Crippen LogP contribution in [0.3, 0.4) is 0 Å². The summed E-state index contributed by atoms with van der Waals surface area (Å²) >= 11 is 2.85. The summed E-state index contributed by atoms with van der Waals surface area (Å²) in [5.41, 5.74) is 0.826. The highest BCUT2D eigenvalue weighted by atomic mass is 32.2. The summed E-state index contributed by atoms with van der Waals surface area (Å²) in [7, 11) is 1.70. The van der Waals surface area contributed by atoms with Crippen molar-refractivity contribution in [1.82, 2.24) is 14.9 Å². The Labute approximate surface area is 142 Å². The van der Waals surface area contributed by atoms with Crippen molar-refractivity contribution < 1.29 is 9.21 Å². The van der Waals surface area contributed by atoms with Gasteiger partial charge in [0.05, 0.1) is 29.2 Å². The second-order valence-electron chi connectivity index (χ2n) is 5.31. The van der Waals surface area contributed by atoms with Crippen LogP contribution >= 0.6 is 23.5 Å². The van der Waals surface area contributed by atoms with Gasteiger partial charge in [-0.3, -0.25) is 14.2 Å². The average Bonchev–Trinajstić information content (AvgIpc) is 3.16. The molecule has 0 radical (unpaired) electrons. The van der Waals surface area contributed by atoms with Crippen molar-refractivity contribution in [1.29, 1.82) is 0 Å². The molecule has 122 valence electrons. The van der Waals surface area contributed by atoms with Gasteiger partial charge in [-0.25, -0.2) is 4.98 Å². The molecule has 0 saturated heterocycles. The van der Waals surface area contributed by atoms with Gasteiger partial charge in [0.1, 0.15) is 5.76 Å². The number of carbonyl (C=O) groups is 1. The predicted octanol–water partition coefficient (Wildman–Crippen LogP) is 1.82. The summed E-state index contributed by atoms with van der Waals surface area (Å²) in [6.07, 6.45) is 2.37. The molecule has 1 aliphatic rings. The molecule has 0 aliphatic carbocycles. The molecule has 2 aromatic rings. The number of nitrogens with zero attached hydrogens (tertiary/aromatic N) is 2. The smallest absolute Gasteiger partial charge is 0.267 e. The number of amides is 1.